The zero-order chi connectivity index (χ0) is 40.8. The fraction of sp³-hybridized carbons (Fsp3) is 0.357. The first kappa shape index (κ1) is 22.1. The standard InChI is InChI=1S/C29H31N2O.C13H12N.Ir/c1-20-8-9-24-23-6-5-7-25(27(23)32-28(24)31-20)26-19-22(12-17-30-26)18-21-10-15-29(16-11-21)13-3-2-4-14-29;1-10-3-6-12(7-4-10)13-8-5-11(2)9-14-13;/h5-6,8-9,12,17,19,21H,2-4,10-11,13-16,18H2,1H3;3-6,8-9H,1-2H3;/q2*-1;/i1D3,18D2;1D3,2D3;. The minimum absolute atomic E-state index is 0. The molecule has 243 valence electrons. The maximum Gasteiger partial charge on any atom is 0.216 e. The van der Waals surface area contributed by atoms with E-state index < -0.39 is 26.9 Å². The summed E-state index contributed by atoms with van der Waals surface area (Å²) in [5.74, 6) is -0.0104. The molecule has 4 heterocycles. The van der Waals surface area contributed by atoms with Gasteiger partial charge in [0.15, 0.2) is 0 Å². The van der Waals surface area contributed by atoms with E-state index in [1.165, 1.54) is 62.6 Å². The molecule has 1 radical (unpaired) electrons. The number of aromatic nitrogens is 3. The summed E-state index contributed by atoms with van der Waals surface area (Å²) < 4.78 is 90.9. The molecule has 47 heavy (non-hydrogen) atoms. The Balaban J connectivity index is 0.000000230. The van der Waals surface area contributed by atoms with Crippen LogP contribution in [0.4, 0.5) is 0 Å². The number of aryl methyl sites for hydroxylation is 3. The van der Waals surface area contributed by atoms with Gasteiger partial charge in [0.1, 0.15) is 0 Å². The second-order valence-corrected chi connectivity index (χ2v) is 12.6. The quantitative estimate of drug-likeness (QED) is 0.167. The monoisotopic (exact) mass is 809 g/mol. The second-order valence-electron chi connectivity index (χ2n) is 12.6. The van der Waals surface area contributed by atoms with Gasteiger partial charge in [-0.1, -0.05) is 60.8 Å². The molecule has 6 aromatic rings. The summed E-state index contributed by atoms with van der Waals surface area (Å²) in [6.07, 6.45) is 12.2. The van der Waals surface area contributed by atoms with Crippen LogP contribution in [-0.2, 0) is 26.5 Å². The van der Waals surface area contributed by atoms with Crippen LogP contribution in [0.1, 0.15) is 95.3 Å². The van der Waals surface area contributed by atoms with Crippen LogP contribution >= 0.6 is 0 Å². The third kappa shape index (κ3) is 7.58. The summed E-state index contributed by atoms with van der Waals surface area (Å²) in [6.45, 7) is -6.66. The van der Waals surface area contributed by atoms with E-state index >= 15 is 0 Å². The van der Waals surface area contributed by atoms with E-state index in [0.29, 0.717) is 39.1 Å². The normalized spacial score (nSPS) is 20.6. The van der Waals surface area contributed by atoms with Gasteiger partial charge in [0, 0.05) is 58.7 Å². The van der Waals surface area contributed by atoms with Gasteiger partial charge in [-0.05, 0) is 105 Å². The number of pyridine rings is 3. The van der Waals surface area contributed by atoms with Gasteiger partial charge < -0.3 is 14.4 Å². The van der Waals surface area contributed by atoms with Crippen LogP contribution in [0, 0.1) is 44.0 Å². The predicted octanol–water partition coefficient (Wildman–Crippen LogP) is 11.0. The van der Waals surface area contributed by atoms with E-state index in [1.807, 2.05) is 12.1 Å². The first-order chi connectivity index (χ1) is 26.8. The number of hydrogen-bond acceptors (Lipinski definition) is 4. The summed E-state index contributed by atoms with van der Waals surface area (Å²) in [7, 11) is 0. The Morgan fingerprint density at radius 1 is 0.851 bits per heavy atom. The first-order valence-corrected chi connectivity index (χ1v) is 16.0. The topological polar surface area (TPSA) is 51.8 Å². The van der Waals surface area contributed by atoms with E-state index in [4.69, 9.17) is 19.5 Å². The smallest absolute Gasteiger partial charge is 0.216 e. The Hall–Kier alpha value is -3.66. The molecular weight excluding hydrogens is 755 g/mol. The predicted molar refractivity (Wildman–Crippen MR) is 187 cm³/mol. The second kappa shape index (κ2) is 14.6. The molecule has 0 atom stereocenters. The van der Waals surface area contributed by atoms with Gasteiger partial charge in [-0.25, -0.2) is 4.98 Å². The summed E-state index contributed by atoms with van der Waals surface area (Å²) in [5.41, 5.74) is 4.60. The Labute approximate surface area is 308 Å². The van der Waals surface area contributed by atoms with Crippen molar-refractivity contribution >= 4 is 22.1 Å². The van der Waals surface area contributed by atoms with E-state index in [0.717, 1.165) is 36.5 Å². The summed E-state index contributed by atoms with van der Waals surface area (Å²) in [6, 6.07) is 24.2. The Morgan fingerprint density at radius 2 is 1.70 bits per heavy atom. The number of nitrogens with zero attached hydrogens (tertiary/aromatic N) is 3. The zero-order valence-electron chi connectivity index (χ0n) is 37.0. The largest absolute Gasteiger partial charge is 0.486 e. The van der Waals surface area contributed by atoms with Crippen LogP contribution in [-0.4, -0.2) is 15.0 Å². The van der Waals surface area contributed by atoms with Crippen LogP contribution in [0.2, 0.25) is 0 Å². The van der Waals surface area contributed by atoms with Crippen molar-refractivity contribution in [2.24, 2.45) is 11.3 Å². The van der Waals surface area contributed by atoms with Gasteiger partial charge in [0.05, 0.1) is 5.58 Å². The molecule has 2 aliphatic rings. The molecule has 8 rings (SSSR count). The molecule has 0 amide bonds. The Morgan fingerprint density at radius 3 is 2.45 bits per heavy atom. The molecule has 0 unspecified atom stereocenters. The van der Waals surface area contributed by atoms with E-state index in [-0.39, 0.29) is 48.6 Å². The average molecular weight is 809 g/mol. The molecule has 0 N–H and O–H groups in total. The Kier molecular flexibility index (Phi) is 6.87. The van der Waals surface area contributed by atoms with Crippen molar-refractivity contribution in [1.29, 1.82) is 0 Å². The van der Waals surface area contributed by atoms with Gasteiger partial charge in [0.25, 0.3) is 0 Å². The van der Waals surface area contributed by atoms with Crippen LogP contribution in [0.25, 0.3) is 44.6 Å². The van der Waals surface area contributed by atoms with Crippen molar-refractivity contribution in [2.45, 2.75) is 84.7 Å². The third-order valence-corrected chi connectivity index (χ3v) is 9.50. The number of rotatable bonds is 4. The van der Waals surface area contributed by atoms with Crippen LogP contribution in [0.3, 0.4) is 0 Å². The maximum absolute atomic E-state index is 9.10. The first-order valence-electron chi connectivity index (χ1n) is 21.5. The summed E-state index contributed by atoms with van der Waals surface area (Å²) in [4.78, 5) is 12.9. The van der Waals surface area contributed by atoms with Crippen LogP contribution in [0.15, 0.2) is 83.5 Å². The Bertz CT molecular complexity index is 2280. The van der Waals surface area contributed by atoms with E-state index in [1.54, 1.807) is 36.5 Å². The van der Waals surface area contributed by atoms with Crippen molar-refractivity contribution < 1.29 is 39.6 Å². The van der Waals surface area contributed by atoms with E-state index in [9.17, 15) is 0 Å². The van der Waals surface area contributed by atoms with Crippen molar-refractivity contribution in [3.05, 3.63) is 114 Å². The molecule has 4 nitrogen and oxygen atoms in total. The summed E-state index contributed by atoms with van der Waals surface area (Å²) in [5, 5.41) is 1.53. The van der Waals surface area contributed by atoms with Crippen LogP contribution < -0.4 is 0 Å². The van der Waals surface area contributed by atoms with Gasteiger partial charge in [-0.2, -0.15) is 0 Å². The fourth-order valence-corrected chi connectivity index (χ4v) is 7.02. The molecular formula is C42H43IrN3O-2. The minimum Gasteiger partial charge on any atom is -0.486 e. The van der Waals surface area contributed by atoms with Crippen molar-refractivity contribution in [1.82, 2.24) is 15.0 Å². The molecule has 1 spiro atoms. The van der Waals surface area contributed by atoms with Gasteiger partial charge in [-0.3, -0.25) is 0 Å². The number of benzene rings is 2. The minimum atomic E-state index is -2.32. The van der Waals surface area contributed by atoms with Crippen LogP contribution in [0.5, 0.6) is 0 Å². The number of hydrogen-bond donors (Lipinski definition) is 0. The SMILES string of the molecule is [2H]C([2H])([2H])c1c[c-]c(-c2ccc(C([2H])([2H])[2H])cn2)cc1.[2H]C([2H])([2H])c1ccc2c(n1)oc1c(-c3cc(C([2H])([2H])C4CCC5(CCCCC5)CC4)ccn3)[c-]ccc12.[Ir]. The van der Waals surface area contributed by atoms with Crippen molar-refractivity contribution in [3.63, 3.8) is 0 Å². The van der Waals surface area contributed by atoms with E-state index in [2.05, 4.69) is 27.1 Å². The van der Waals surface area contributed by atoms with Gasteiger partial charge in [0.2, 0.25) is 5.71 Å². The van der Waals surface area contributed by atoms with Crippen molar-refractivity contribution in [2.75, 3.05) is 0 Å². The number of fused-ring (bicyclic) bond motifs is 3. The molecule has 2 aromatic carbocycles. The third-order valence-electron chi connectivity index (χ3n) is 9.50. The molecule has 0 aliphatic heterocycles. The molecule has 0 bridgehead atoms. The molecule has 2 aliphatic carbocycles. The maximum atomic E-state index is 9.10. The molecule has 2 fully saturated rings. The summed E-state index contributed by atoms with van der Waals surface area (Å²) >= 11 is 0. The molecule has 2 saturated carbocycles. The molecule has 5 heteroatoms. The molecule has 4 aromatic heterocycles. The van der Waals surface area contributed by atoms with Gasteiger partial charge in [-0.15, -0.1) is 53.6 Å². The van der Waals surface area contributed by atoms with Gasteiger partial charge >= 0.3 is 0 Å². The molecule has 0 saturated heterocycles. The fourth-order valence-electron chi connectivity index (χ4n) is 7.02. The number of furan rings is 1. The average Bonchev–Trinajstić information content (AvgIpc) is 3.56. The zero-order valence-corrected chi connectivity index (χ0v) is 28.4. The van der Waals surface area contributed by atoms with Crippen molar-refractivity contribution in [3.8, 4) is 22.5 Å².